The fourth-order valence-electron chi connectivity index (χ4n) is 1.78. The summed E-state index contributed by atoms with van der Waals surface area (Å²) in [5.41, 5.74) is 0.446. The Labute approximate surface area is 121 Å². The van der Waals surface area contributed by atoms with E-state index in [1.165, 1.54) is 12.1 Å². The van der Waals surface area contributed by atoms with Crippen LogP contribution in [0.5, 0.6) is 0 Å². The van der Waals surface area contributed by atoms with Crippen LogP contribution in [0, 0.1) is 0 Å². The number of alkyl halides is 3. The molecule has 0 radical (unpaired) electrons. The first kappa shape index (κ1) is 16.5. The van der Waals surface area contributed by atoms with Gasteiger partial charge in [0.05, 0.1) is 11.3 Å². The van der Waals surface area contributed by atoms with Gasteiger partial charge in [-0.15, -0.1) is 12.4 Å². The van der Waals surface area contributed by atoms with E-state index < -0.39 is 11.7 Å². The lowest BCUT2D eigenvalue weighted by Crippen LogP contribution is -2.17. The molecule has 20 heavy (non-hydrogen) atoms. The normalized spacial score (nSPS) is 10.9. The molecule has 2 nitrogen and oxygen atoms in total. The molecule has 2 rings (SSSR count). The smallest absolute Gasteiger partial charge is 0.307 e. The first-order valence-corrected chi connectivity index (χ1v) is 5.83. The maximum absolute atomic E-state index is 12.8. The van der Waals surface area contributed by atoms with Gasteiger partial charge in [-0.1, -0.05) is 24.3 Å². The zero-order valence-corrected chi connectivity index (χ0v) is 11.3. The first-order valence-electron chi connectivity index (χ1n) is 5.83. The molecule has 1 aromatic carbocycles. The van der Waals surface area contributed by atoms with Crippen molar-refractivity contribution in [2.75, 3.05) is 0 Å². The van der Waals surface area contributed by atoms with Crippen LogP contribution in [0.25, 0.3) is 0 Å². The van der Waals surface area contributed by atoms with Gasteiger partial charge in [-0.2, -0.15) is 13.2 Å². The fourth-order valence-corrected chi connectivity index (χ4v) is 1.78. The Balaban J connectivity index is 0.00000200. The molecular formula is C14H14ClF3N2. The molecule has 2 aromatic rings. The van der Waals surface area contributed by atoms with Crippen molar-refractivity contribution >= 4 is 12.4 Å². The van der Waals surface area contributed by atoms with E-state index in [1.54, 1.807) is 18.3 Å². The maximum Gasteiger partial charge on any atom is 0.416 e. The van der Waals surface area contributed by atoms with Gasteiger partial charge < -0.3 is 5.32 Å². The van der Waals surface area contributed by atoms with Gasteiger partial charge in [-0.25, -0.2) is 0 Å². The molecular weight excluding hydrogens is 289 g/mol. The van der Waals surface area contributed by atoms with Crippen molar-refractivity contribution in [1.29, 1.82) is 0 Å². The Morgan fingerprint density at radius 1 is 0.950 bits per heavy atom. The zero-order valence-electron chi connectivity index (χ0n) is 10.5. The van der Waals surface area contributed by atoms with Crippen molar-refractivity contribution in [3.05, 3.63) is 65.5 Å². The summed E-state index contributed by atoms with van der Waals surface area (Å²) >= 11 is 0. The number of pyridine rings is 1. The summed E-state index contributed by atoms with van der Waals surface area (Å²) in [7, 11) is 0. The standard InChI is InChI=1S/C14H13F3N2.ClH/c15-14(16,17)13-7-2-1-5-11(13)9-18-10-12-6-3-4-8-19-12;/h1-8,18H,9-10H2;1H. The van der Waals surface area contributed by atoms with Crippen molar-refractivity contribution in [2.24, 2.45) is 0 Å². The predicted molar refractivity (Wildman–Crippen MR) is 73.5 cm³/mol. The van der Waals surface area contributed by atoms with Crippen LogP contribution in [0.4, 0.5) is 13.2 Å². The van der Waals surface area contributed by atoms with Gasteiger partial charge in [-0.3, -0.25) is 4.98 Å². The van der Waals surface area contributed by atoms with E-state index in [0.717, 1.165) is 11.8 Å². The summed E-state index contributed by atoms with van der Waals surface area (Å²) in [6.07, 6.45) is -2.66. The molecule has 0 bridgehead atoms. The Morgan fingerprint density at radius 3 is 2.30 bits per heavy atom. The first-order chi connectivity index (χ1) is 9.07. The summed E-state index contributed by atoms with van der Waals surface area (Å²) in [6, 6.07) is 11.0. The third-order valence-electron chi connectivity index (χ3n) is 2.67. The molecule has 0 saturated carbocycles. The zero-order chi connectivity index (χ0) is 13.7. The number of hydrogen-bond donors (Lipinski definition) is 1. The Kier molecular flexibility index (Phi) is 5.98. The molecule has 1 aromatic heterocycles. The minimum absolute atomic E-state index is 0. The number of aromatic nitrogens is 1. The monoisotopic (exact) mass is 302 g/mol. The van der Waals surface area contributed by atoms with Crippen LogP contribution in [0.15, 0.2) is 48.7 Å². The summed E-state index contributed by atoms with van der Waals surface area (Å²) < 4.78 is 38.3. The van der Waals surface area contributed by atoms with Gasteiger partial charge in [0.25, 0.3) is 0 Å². The Bertz CT molecular complexity index is 529. The molecule has 0 unspecified atom stereocenters. The van der Waals surface area contributed by atoms with E-state index in [9.17, 15) is 13.2 Å². The van der Waals surface area contributed by atoms with Crippen LogP contribution in [0.2, 0.25) is 0 Å². The Hall–Kier alpha value is -1.59. The van der Waals surface area contributed by atoms with Gasteiger partial charge in [0.1, 0.15) is 0 Å². The molecule has 0 saturated heterocycles. The SMILES string of the molecule is Cl.FC(F)(F)c1ccccc1CNCc1ccccn1. The van der Waals surface area contributed by atoms with Crippen LogP contribution >= 0.6 is 12.4 Å². The highest BCUT2D eigenvalue weighted by Gasteiger charge is 2.32. The average Bonchev–Trinajstić information content (AvgIpc) is 2.39. The van der Waals surface area contributed by atoms with Crippen molar-refractivity contribution < 1.29 is 13.2 Å². The molecule has 0 atom stereocenters. The van der Waals surface area contributed by atoms with E-state index in [0.29, 0.717) is 6.54 Å². The van der Waals surface area contributed by atoms with Crippen LogP contribution < -0.4 is 5.32 Å². The van der Waals surface area contributed by atoms with Gasteiger partial charge in [0.15, 0.2) is 0 Å². The highest BCUT2D eigenvalue weighted by Crippen LogP contribution is 2.31. The number of benzene rings is 1. The van der Waals surface area contributed by atoms with E-state index in [2.05, 4.69) is 10.3 Å². The lowest BCUT2D eigenvalue weighted by Gasteiger charge is -2.13. The van der Waals surface area contributed by atoms with E-state index in [-0.39, 0.29) is 24.5 Å². The molecule has 0 spiro atoms. The molecule has 6 heteroatoms. The number of halogens is 4. The van der Waals surface area contributed by atoms with E-state index in [1.807, 2.05) is 12.1 Å². The second-order valence-corrected chi connectivity index (χ2v) is 4.08. The molecule has 0 amide bonds. The summed E-state index contributed by atoms with van der Waals surface area (Å²) in [4.78, 5) is 4.10. The van der Waals surface area contributed by atoms with Gasteiger partial charge in [-0.05, 0) is 23.8 Å². The van der Waals surface area contributed by atoms with Crippen LogP contribution in [-0.2, 0) is 19.3 Å². The average molecular weight is 303 g/mol. The largest absolute Gasteiger partial charge is 0.416 e. The third-order valence-corrected chi connectivity index (χ3v) is 2.67. The number of rotatable bonds is 4. The maximum atomic E-state index is 12.8. The molecule has 0 aliphatic rings. The van der Waals surface area contributed by atoms with Crippen LogP contribution in [-0.4, -0.2) is 4.98 Å². The molecule has 108 valence electrons. The second kappa shape index (κ2) is 7.26. The summed E-state index contributed by atoms with van der Waals surface area (Å²) in [6.45, 7) is 0.597. The lowest BCUT2D eigenvalue weighted by molar-refractivity contribution is -0.138. The number of nitrogens with one attached hydrogen (secondary N) is 1. The summed E-state index contributed by atoms with van der Waals surface area (Å²) in [5.74, 6) is 0. The lowest BCUT2D eigenvalue weighted by atomic mass is 10.1. The minimum atomic E-state index is -4.32. The molecule has 1 heterocycles. The number of nitrogens with zero attached hydrogens (tertiary/aromatic N) is 1. The van der Waals surface area contributed by atoms with Gasteiger partial charge in [0.2, 0.25) is 0 Å². The summed E-state index contributed by atoms with van der Waals surface area (Å²) in [5, 5.41) is 2.97. The van der Waals surface area contributed by atoms with Crippen molar-refractivity contribution in [3.8, 4) is 0 Å². The fraction of sp³-hybridized carbons (Fsp3) is 0.214. The third kappa shape index (κ3) is 4.51. The highest BCUT2D eigenvalue weighted by molar-refractivity contribution is 5.85. The predicted octanol–water partition coefficient (Wildman–Crippen LogP) is 3.81. The Morgan fingerprint density at radius 2 is 1.65 bits per heavy atom. The molecule has 0 fully saturated rings. The van der Waals surface area contributed by atoms with Crippen LogP contribution in [0.1, 0.15) is 16.8 Å². The second-order valence-electron chi connectivity index (χ2n) is 4.08. The van der Waals surface area contributed by atoms with Gasteiger partial charge >= 0.3 is 6.18 Å². The highest BCUT2D eigenvalue weighted by atomic mass is 35.5. The van der Waals surface area contributed by atoms with Crippen molar-refractivity contribution in [3.63, 3.8) is 0 Å². The number of hydrogen-bond acceptors (Lipinski definition) is 2. The van der Waals surface area contributed by atoms with Crippen molar-refractivity contribution in [1.82, 2.24) is 10.3 Å². The molecule has 0 aliphatic carbocycles. The molecule has 0 aliphatic heterocycles. The van der Waals surface area contributed by atoms with Gasteiger partial charge in [0, 0.05) is 19.3 Å². The van der Waals surface area contributed by atoms with E-state index in [4.69, 9.17) is 0 Å². The molecule has 1 N–H and O–H groups in total. The topological polar surface area (TPSA) is 24.9 Å². The van der Waals surface area contributed by atoms with Crippen LogP contribution in [0.3, 0.4) is 0 Å². The van der Waals surface area contributed by atoms with E-state index >= 15 is 0 Å². The quantitative estimate of drug-likeness (QED) is 0.929. The minimum Gasteiger partial charge on any atom is -0.307 e. The van der Waals surface area contributed by atoms with Crippen molar-refractivity contribution in [2.45, 2.75) is 19.3 Å².